The Labute approximate surface area is 181 Å². The van der Waals surface area contributed by atoms with Gasteiger partial charge in [-0.1, -0.05) is 12.1 Å². The van der Waals surface area contributed by atoms with Crippen LogP contribution in [0.4, 0.5) is 16.2 Å². The number of hydrogen-bond donors (Lipinski definition) is 2. The normalized spacial score (nSPS) is 13.3. The molecule has 0 saturated heterocycles. The molecule has 1 unspecified atom stereocenters. The maximum absolute atomic E-state index is 12.9. The van der Waals surface area contributed by atoms with Crippen LogP contribution in [-0.2, 0) is 6.42 Å². The van der Waals surface area contributed by atoms with E-state index in [1.165, 1.54) is 0 Å². The Morgan fingerprint density at radius 3 is 2.58 bits per heavy atom. The van der Waals surface area contributed by atoms with Crippen molar-refractivity contribution in [3.05, 3.63) is 83.7 Å². The van der Waals surface area contributed by atoms with Crippen LogP contribution in [0, 0.1) is 0 Å². The average Bonchev–Trinajstić information content (AvgIpc) is 3.24. The zero-order valence-corrected chi connectivity index (χ0v) is 17.5. The lowest BCUT2D eigenvalue weighted by Gasteiger charge is -2.19. The monoisotopic (exact) mass is 416 g/mol. The number of methoxy groups -OCH3 is 1. The molecule has 0 radical (unpaired) electrons. The maximum atomic E-state index is 12.9. The summed E-state index contributed by atoms with van der Waals surface area (Å²) < 4.78 is 5.15. The third kappa shape index (κ3) is 4.35. The first kappa shape index (κ1) is 20.4. The van der Waals surface area contributed by atoms with Gasteiger partial charge in [-0.2, -0.15) is 0 Å². The summed E-state index contributed by atoms with van der Waals surface area (Å²) >= 11 is 0. The van der Waals surface area contributed by atoms with Crippen molar-refractivity contribution < 1.29 is 14.3 Å². The highest BCUT2D eigenvalue weighted by Crippen LogP contribution is 2.31. The van der Waals surface area contributed by atoms with E-state index in [-0.39, 0.29) is 18.0 Å². The fourth-order valence-corrected chi connectivity index (χ4v) is 3.70. The fourth-order valence-electron chi connectivity index (χ4n) is 3.70. The molecule has 1 aromatic heterocycles. The lowest BCUT2D eigenvalue weighted by Crippen LogP contribution is -2.33. The predicted molar refractivity (Wildman–Crippen MR) is 120 cm³/mol. The summed E-state index contributed by atoms with van der Waals surface area (Å²) in [4.78, 5) is 31.8. The standard InChI is InChI=1S/C24H24N4O3/c1-16(21-7-3-4-14-25-21)26-23(29)20-6-5-8-22-19(20)13-15-28(22)24(30)27-17-9-11-18(31-2)12-10-17/h3-12,14,16H,13,15H2,1-2H3,(H,26,29)(H,27,30). The Kier molecular flexibility index (Phi) is 5.84. The minimum absolute atomic E-state index is 0.174. The van der Waals surface area contributed by atoms with Gasteiger partial charge in [-0.05, 0) is 67.4 Å². The van der Waals surface area contributed by atoms with Crippen LogP contribution in [0.5, 0.6) is 5.75 Å². The molecule has 7 nitrogen and oxygen atoms in total. The van der Waals surface area contributed by atoms with Crippen LogP contribution in [-0.4, -0.2) is 30.6 Å². The van der Waals surface area contributed by atoms with E-state index >= 15 is 0 Å². The van der Waals surface area contributed by atoms with Gasteiger partial charge < -0.3 is 15.4 Å². The molecule has 4 rings (SSSR count). The Hall–Kier alpha value is -3.87. The number of benzene rings is 2. The van der Waals surface area contributed by atoms with E-state index in [0.717, 1.165) is 22.7 Å². The minimum atomic E-state index is -0.233. The third-order valence-electron chi connectivity index (χ3n) is 5.34. The fraction of sp³-hybridized carbons (Fsp3) is 0.208. The van der Waals surface area contributed by atoms with Gasteiger partial charge in [-0.15, -0.1) is 0 Å². The second kappa shape index (κ2) is 8.87. The number of hydrogen-bond acceptors (Lipinski definition) is 4. The second-order valence-electron chi connectivity index (χ2n) is 7.31. The van der Waals surface area contributed by atoms with Crippen LogP contribution in [0.2, 0.25) is 0 Å². The number of aromatic nitrogens is 1. The van der Waals surface area contributed by atoms with Gasteiger partial charge in [0.25, 0.3) is 5.91 Å². The van der Waals surface area contributed by atoms with Crippen LogP contribution in [0.1, 0.15) is 34.6 Å². The topological polar surface area (TPSA) is 83.6 Å². The number of amides is 3. The minimum Gasteiger partial charge on any atom is -0.497 e. The van der Waals surface area contributed by atoms with Crippen LogP contribution in [0.3, 0.4) is 0 Å². The summed E-state index contributed by atoms with van der Waals surface area (Å²) in [5.41, 5.74) is 3.68. The number of nitrogens with one attached hydrogen (secondary N) is 2. The average molecular weight is 416 g/mol. The predicted octanol–water partition coefficient (Wildman–Crippen LogP) is 4.18. The highest BCUT2D eigenvalue weighted by molar-refractivity contribution is 6.05. The van der Waals surface area contributed by atoms with Crippen molar-refractivity contribution in [3.63, 3.8) is 0 Å². The lowest BCUT2D eigenvalue weighted by molar-refractivity contribution is 0.0938. The molecule has 2 N–H and O–H groups in total. The molecule has 3 amide bonds. The largest absolute Gasteiger partial charge is 0.497 e. The van der Waals surface area contributed by atoms with E-state index in [1.807, 2.05) is 31.2 Å². The highest BCUT2D eigenvalue weighted by Gasteiger charge is 2.28. The first-order valence-electron chi connectivity index (χ1n) is 10.1. The van der Waals surface area contributed by atoms with Crippen molar-refractivity contribution >= 4 is 23.3 Å². The summed E-state index contributed by atoms with van der Waals surface area (Å²) in [6, 6.07) is 17.8. The number of carbonyl (C=O) groups excluding carboxylic acids is 2. The highest BCUT2D eigenvalue weighted by atomic mass is 16.5. The second-order valence-corrected chi connectivity index (χ2v) is 7.31. The van der Waals surface area contributed by atoms with Crippen molar-refractivity contribution in [3.8, 4) is 5.75 Å². The number of fused-ring (bicyclic) bond motifs is 1. The molecule has 1 aliphatic heterocycles. The van der Waals surface area contributed by atoms with Gasteiger partial charge >= 0.3 is 6.03 Å². The van der Waals surface area contributed by atoms with Crippen LogP contribution in [0.25, 0.3) is 0 Å². The number of nitrogens with zero attached hydrogens (tertiary/aromatic N) is 2. The van der Waals surface area contributed by atoms with Crippen LogP contribution >= 0.6 is 0 Å². The molecule has 0 fully saturated rings. The Morgan fingerprint density at radius 2 is 1.87 bits per heavy atom. The molecule has 0 aliphatic carbocycles. The van der Waals surface area contributed by atoms with E-state index in [9.17, 15) is 9.59 Å². The van der Waals surface area contributed by atoms with Gasteiger partial charge in [0, 0.05) is 29.7 Å². The number of pyridine rings is 1. The van der Waals surface area contributed by atoms with Crippen molar-refractivity contribution in [1.82, 2.24) is 10.3 Å². The zero-order chi connectivity index (χ0) is 21.8. The van der Waals surface area contributed by atoms with Gasteiger partial charge in [0.2, 0.25) is 0 Å². The molecule has 1 atom stereocenters. The van der Waals surface area contributed by atoms with Gasteiger partial charge in [0.1, 0.15) is 5.75 Å². The van der Waals surface area contributed by atoms with Gasteiger partial charge in [0.15, 0.2) is 0 Å². The quantitative estimate of drug-likeness (QED) is 0.654. The number of anilines is 2. The summed E-state index contributed by atoms with van der Waals surface area (Å²) in [5, 5.41) is 5.91. The van der Waals surface area contributed by atoms with Gasteiger partial charge in [0.05, 0.1) is 18.8 Å². The Balaban J connectivity index is 1.49. The summed E-state index contributed by atoms with van der Waals surface area (Å²) in [6.07, 6.45) is 2.32. The van der Waals surface area contributed by atoms with Gasteiger partial charge in [-0.25, -0.2) is 4.79 Å². The summed E-state index contributed by atoms with van der Waals surface area (Å²) in [6.45, 7) is 2.41. The van der Waals surface area contributed by atoms with E-state index < -0.39 is 0 Å². The molecule has 2 aromatic carbocycles. The van der Waals surface area contributed by atoms with Crippen LogP contribution < -0.4 is 20.3 Å². The molecule has 158 valence electrons. The summed E-state index contributed by atoms with van der Waals surface area (Å²) in [7, 11) is 1.60. The van der Waals surface area contributed by atoms with Crippen molar-refractivity contribution in [2.24, 2.45) is 0 Å². The molecule has 31 heavy (non-hydrogen) atoms. The number of ether oxygens (including phenoxy) is 1. The van der Waals surface area contributed by atoms with E-state index in [2.05, 4.69) is 15.6 Å². The smallest absolute Gasteiger partial charge is 0.326 e. The molecule has 0 spiro atoms. The van der Waals surface area contributed by atoms with Crippen molar-refractivity contribution in [1.29, 1.82) is 0 Å². The molecule has 0 bridgehead atoms. The summed E-state index contributed by atoms with van der Waals surface area (Å²) in [5.74, 6) is 0.549. The Bertz CT molecular complexity index is 1080. The molecule has 0 saturated carbocycles. The van der Waals surface area contributed by atoms with E-state index in [0.29, 0.717) is 24.2 Å². The molecular formula is C24H24N4O3. The first-order valence-corrected chi connectivity index (χ1v) is 10.1. The van der Waals surface area contributed by atoms with Crippen LogP contribution in [0.15, 0.2) is 66.9 Å². The van der Waals surface area contributed by atoms with Crippen molar-refractivity contribution in [2.75, 3.05) is 23.9 Å². The zero-order valence-electron chi connectivity index (χ0n) is 17.5. The SMILES string of the molecule is COc1ccc(NC(=O)N2CCc3c(C(=O)NC(C)c4ccccn4)cccc32)cc1. The van der Waals surface area contributed by atoms with E-state index in [1.54, 1.807) is 54.6 Å². The molecule has 2 heterocycles. The van der Waals surface area contributed by atoms with E-state index in [4.69, 9.17) is 4.74 Å². The number of rotatable bonds is 5. The number of carbonyl (C=O) groups is 2. The maximum Gasteiger partial charge on any atom is 0.326 e. The molecule has 1 aliphatic rings. The lowest BCUT2D eigenvalue weighted by atomic mass is 10.0. The molecular weight excluding hydrogens is 392 g/mol. The first-order chi connectivity index (χ1) is 15.1. The molecule has 7 heteroatoms. The van der Waals surface area contributed by atoms with Crippen molar-refractivity contribution in [2.45, 2.75) is 19.4 Å². The third-order valence-corrected chi connectivity index (χ3v) is 5.34. The molecule has 3 aromatic rings. The Morgan fingerprint density at radius 1 is 1.06 bits per heavy atom. The van der Waals surface area contributed by atoms with Gasteiger partial charge in [-0.3, -0.25) is 14.7 Å². The number of urea groups is 1.